The van der Waals surface area contributed by atoms with Gasteiger partial charge in [0.2, 0.25) is 5.91 Å². The van der Waals surface area contributed by atoms with Crippen molar-refractivity contribution in [2.75, 3.05) is 35.8 Å². The zero-order valence-electron chi connectivity index (χ0n) is 32.1. The number of fused-ring (bicyclic) bond motifs is 10. The zero-order valence-corrected chi connectivity index (χ0v) is 32.1. The summed E-state index contributed by atoms with van der Waals surface area (Å²) in [7, 11) is 1.56. The largest absolute Gasteiger partial charge is 0.487 e. The maximum atomic E-state index is 15.7. The van der Waals surface area contributed by atoms with E-state index in [0.29, 0.717) is 26.9 Å². The lowest BCUT2D eigenvalue weighted by atomic mass is 9.93. The van der Waals surface area contributed by atoms with E-state index in [1.165, 1.54) is 17.2 Å². The topological polar surface area (TPSA) is 180 Å². The van der Waals surface area contributed by atoms with Gasteiger partial charge in [-0.3, -0.25) is 10.1 Å². The van der Waals surface area contributed by atoms with Gasteiger partial charge in [-0.15, -0.1) is 0 Å². The highest BCUT2D eigenvalue weighted by atomic mass is 19.1. The van der Waals surface area contributed by atoms with Gasteiger partial charge in [-0.05, 0) is 98.9 Å². The van der Waals surface area contributed by atoms with Crippen molar-refractivity contribution in [1.29, 1.82) is 0 Å². The van der Waals surface area contributed by atoms with Crippen molar-refractivity contribution in [3.05, 3.63) is 88.9 Å². The first-order valence-electron chi connectivity index (χ1n) is 18.3. The summed E-state index contributed by atoms with van der Waals surface area (Å²) in [5.41, 5.74) is 2.26. The van der Waals surface area contributed by atoms with Crippen molar-refractivity contribution in [1.82, 2.24) is 9.88 Å². The Labute approximate surface area is 323 Å². The van der Waals surface area contributed by atoms with Crippen molar-refractivity contribution in [2.45, 2.75) is 77.7 Å². The van der Waals surface area contributed by atoms with Crippen LogP contribution in [-0.2, 0) is 20.8 Å². The number of halogens is 1. The van der Waals surface area contributed by atoms with Crippen LogP contribution in [0.3, 0.4) is 0 Å². The summed E-state index contributed by atoms with van der Waals surface area (Å²) < 4.78 is 32.4. The first kappa shape index (κ1) is 39.7. The lowest BCUT2D eigenvalue weighted by Crippen LogP contribution is -2.40. The molecule has 1 aromatic heterocycles. The van der Waals surface area contributed by atoms with E-state index in [0.717, 1.165) is 30.0 Å². The molecule has 2 aliphatic heterocycles. The maximum Gasteiger partial charge on any atom is 0.425 e. The van der Waals surface area contributed by atoms with Gasteiger partial charge in [0.05, 0.1) is 12.7 Å². The second kappa shape index (κ2) is 16.0. The van der Waals surface area contributed by atoms with Crippen molar-refractivity contribution < 1.29 is 48.0 Å². The molecule has 56 heavy (non-hydrogen) atoms. The number of carbonyl (C=O) groups is 4. The molecule has 4 bridgehead atoms. The predicted octanol–water partition coefficient (Wildman–Crippen LogP) is 7.73. The van der Waals surface area contributed by atoms with Crippen LogP contribution < -0.4 is 20.3 Å². The van der Waals surface area contributed by atoms with Crippen LogP contribution >= 0.6 is 0 Å². The number of carboxylic acid groups (broad SMARTS) is 1. The molecule has 0 saturated heterocycles. The Morgan fingerprint density at radius 1 is 1.12 bits per heavy atom. The Bertz CT molecular complexity index is 2170. The van der Waals surface area contributed by atoms with Crippen LogP contribution in [0.1, 0.15) is 74.8 Å². The average Bonchev–Trinajstić information content (AvgIpc) is 3.97. The Hall–Kier alpha value is -5.96. The average molecular weight is 772 g/mol. The van der Waals surface area contributed by atoms with E-state index in [1.54, 1.807) is 52.1 Å². The van der Waals surface area contributed by atoms with E-state index >= 15 is 4.39 Å². The quantitative estimate of drug-likeness (QED) is 0.144. The van der Waals surface area contributed by atoms with Crippen LogP contribution in [0.15, 0.2) is 60.8 Å². The van der Waals surface area contributed by atoms with E-state index in [9.17, 15) is 29.4 Å². The predicted molar refractivity (Wildman–Crippen MR) is 207 cm³/mol. The van der Waals surface area contributed by atoms with E-state index in [1.807, 2.05) is 32.0 Å². The number of hydrogen-bond acceptors (Lipinski definition) is 10. The monoisotopic (exact) mass is 771 g/mol. The number of aliphatic hydroxyl groups is 1. The standard InChI is InChI=1S/C41H46FN5O9/c1-22-15-26-9-11-30(22)23(2)20-55-38(50)45-29-17-27(35(32(42)18-29)54-21-33(48)24-7-8-24)19-46(6)37(49)34(26)44-28-10-12-31-25(16-28)13-14-43-36(31)47(39(51)52)40(53)56-41(3,4)5/h9-18,23-24,33-34,44,48H,7-8,19-21H2,1-6H3,(H,45,50)(H,51,52)/t23-,33+,34+/m0/s1. The number of aliphatic hydroxyl groups excluding tert-OH is 1. The number of likely N-dealkylation sites (N-methyl/N-ethyl adjacent to an activating group) is 1. The molecule has 4 N–H and O–H groups in total. The number of anilines is 3. The van der Waals surface area contributed by atoms with Crippen LogP contribution in [0.2, 0.25) is 0 Å². The van der Waals surface area contributed by atoms with E-state index in [4.69, 9.17) is 14.2 Å². The molecule has 3 aromatic carbocycles. The summed E-state index contributed by atoms with van der Waals surface area (Å²) >= 11 is 0. The van der Waals surface area contributed by atoms with Crippen molar-refractivity contribution in [2.24, 2.45) is 5.92 Å². The number of ether oxygens (including phenoxy) is 3. The third-order valence-electron chi connectivity index (χ3n) is 9.62. The minimum atomic E-state index is -1.57. The first-order chi connectivity index (χ1) is 26.5. The third-order valence-corrected chi connectivity index (χ3v) is 9.62. The molecule has 0 radical (unpaired) electrons. The number of pyridine rings is 1. The fourth-order valence-electron chi connectivity index (χ4n) is 6.66. The summed E-state index contributed by atoms with van der Waals surface area (Å²) in [6.07, 6.45) is -1.13. The Balaban J connectivity index is 1.37. The van der Waals surface area contributed by atoms with Gasteiger partial charge >= 0.3 is 18.3 Å². The number of nitrogens with zero attached hydrogens (tertiary/aromatic N) is 3. The molecular formula is C41H46FN5O9. The lowest BCUT2D eigenvalue weighted by Gasteiger charge is -2.28. The molecule has 7 rings (SSSR count). The zero-order chi connectivity index (χ0) is 40.5. The highest BCUT2D eigenvalue weighted by Gasteiger charge is 2.33. The summed E-state index contributed by atoms with van der Waals surface area (Å²) in [4.78, 5) is 58.6. The van der Waals surface area contributed by atoms with Crippen LogP contribution in [0, 0.1) is 18.7 Å². The number of nitrogens with one attached hydrogen (secondary N) is 2. The summed E-state index contributed by atoms with van der Waals surface area (Å²) in [6.45, 7) is 8.43. The molecule has 15 heteroatoms. The Morgan fingerprint density at radius 2 is 1.88 bits per heavy atom. The van der Waals surface area contributed by atoms with Crippen molar-refractivity contribution in [3.63, 3.8) is 0 Å². The van der Waals surface area contributed by atoms with Crippen LogP contribution in [0.5, 0.6) is 5.75 Å². The second-order valence-corrected chi connectivity index (χ2v) is 15.3. The van der Waals surface area contributed by atoms with Gasteiger partial charge in [-0.1, -0.05) is 25.1 Å². The molecule has 4 amide bonds. The van der Waals surface area contributed by atoms with Gasteiger partial charge in [0.1, 0.15) is 18.2 Å². The Morgan fingerprint density at radius 3 is 2.55 bits per heavy atom. The van der Waals surface area contributed by atoms with Gasteiger partial charge in [-0.25, -0.2) is 23.8 Å². The van der Waals surface area contributed by atoms with E-state index < -0.39 is 47.8 Å². The summed E-state index contributed by atoms with van der Waals surface area (Å²) in [5, 5.41) is 27.2. The smallest absolute Gasteiger partial charge is 0.425 e. The molecule has 1 saturated carbocycles. The van der Waals surface area contributed by atoms with Gasteiger partial charge < -0.3 is 34.6 Å². The molecule has 3 aliphatic rings. The number of aromatic nitrogens is 1. The summed E-state index contributed by atoms with van der Waals surface area (Å²) in [5.74, 6) is -1.60. The molecular weight excluding hydrogens is 725 g/mol. The summed E-state index contributed by atoms with van der Waals surface area (Å²) in [6, 6.07) is 13.8. The van der Waals surface area contributed by atoms with E-state index in [2.05, 4.69) is 15.6 Å². The molecule has 1 aliphatic carbocycles. The van der Waals surface area contributed by atoms with Crippen molar-refractivity contribution >= 4 is 52.2 Å². The van der Waals surface area contributed by atoms with Gasteiger partial charge in [-0.2, -0.15) is 4.90 Å². The molecule has 14 nitrogen and oxygen atoms in total. The molecule has 0 spiro atoms. The number of aryl methyl sites for hydroxylation is 1. The third kappa shape index (κ3) is 9.11. The number of imide groups is 1. The molecule has 3 atom stereocenters. The normalized spacial score (nSPS) is 18.2. The molecule has 4 aromatic rings. The highest BCUT2D eigenvalue weighted by molar-refractivity contribution is 6.13. The molecule has 3 heterocycles. The minimum Gasteiger partial charge on any atom is -0.487 e. The van der Waals surface area contributed by atoms with Gasteiger partial charge in [0.15, 0.2) is 17.4 Å². The maximum absolute atomic E-state index is 15.7. The molecule has 1 fully saturated rings. The highest BCUT2D eigenvalue weighted by Crippen LogP contribution is 2.36. The van der Waals surface area contributed by atoms with E-state index in [-0.39, 0.29) is 54.4 Å². The number of benzene rings is 3. The Kier molecular flexibility index (Phi) is 11.4. The molecule has 296 valence electrons. The fourth-order valence-corrected chi connectivity index (χ4v) is 6.66. The lowest BCUT2D eigenvalue weighted by molar-refractivity contribution is -0.131. The van der Waals surface area contributed by atoms with Gasteiger partial charge in [0.25, 0.3) is 0 Å². The van der Waals surface area contributed by atoms with Crippen molar-refractivity contribution in [3.8, 4) is 5.75 Å². The number of hydrogen-bond donors (Lipinski definition) is 4. The van der Waals surface area contributed by atoms with Crippen LogP contribution in [0.4, 0.5) is 36.0 Å². The SMILES string of the molecule is Cc1cc2ccc1[C@@H](C)COC(=O)Nc1cc(F)c(OC[C@@H](O)C3CC3)c(c1)CN(C)C(=O)[C@@H]2Nc1ccc2c(N(C(=O)O)C(=O)OC(C)(C)C)nccc2c1. The fraction of sp³-hybridized carbons (Fsp3) is 0.390. The molecule has 0 unspecified atom stereocenters. The minimum absolute atomic E-state index is 0.0339. The van der Waals surface area contributed by atoms with Crippen LogP contribution in [-0.4, -0.2) is 76.3 Å². The van der Waals surface area contributed by atoms with Crippen LogP contribution in [0.25, 0.3) is 10.8 Å². The first-order valence-corrected chi connectivity index (χ1v) is 18.3. The second-order valence-electron chi connectivity index (χ2n) is 15.3. The number of amides is 4. The number of carbonyl (C=O) groups excluding carboxylic acids is 3. The van der Waals surface area contributed by atoms with Gasteiger partial charge in [0, 0.05) is 54.1 Å². The number of rotatable bonds is 7.